The molecule has 0 radical (unpaired) electrons. The Labute approximate surface area is 194 Å². The number of epoxide rings is 1. The van der Waals surface area contributed by atoms with Crippen molar-refractivity contribution in [2.24, 2.45) is 28.6 Å². The van der Waals surface area contributed by atoms with Gasteiger partial charge in [0.15, 0.2) is 17.3 Å². The van der Waals surface area contributed by atoms with Crippen LogP contribution in [0.5, 0.6) is 0 Å². The average Bonchev–Trinajstić information content (AvgIpc) is 3.24. The average molecular weight is 453 g/mol. The van der Waals surface area contributed by atoms with E-state index >= 15 is 0 Å². The van der Waals surface area contributed by atoms with Crippen LogP contribution in [0.25, 0.3) is 0 Å². The second-order valence-corrected chi connectivity index (χ2v) is 11.8. The molecular formula is C27H32O6. The molecule has 4 aliphatic carbocycles. The molecule has 2 spiro atoms. The van der Waals surface area contributed by atoms with Crippen molar-refractivity contribution in [3.05, 3.63) is 23.8 Å². The molecule has 33 heavy (non-hydrogen) atoms. The highest BCUT2D eigenvalue weighted by atomic mass is 16.6. The lowest BCUT2D eigenvalue weighted by atomic mass is 9.43. The van der Waals surface area contributed by atoms with E-state index in [1.165, 1.54) is 19.1 Å². The highest BCUT2D eigenvalue weighted by molar-refractivity contribution is 5.99. The van der Waals surface area contributed by atoms with E-state index in [4.69, 9.17) is 9.47 Å². The predicted molar refractivity (Wildman–Crippen MR) is 118 cm³/mol. The number of ether oxygens (including phenoxy) is 2. The molecule has 3 saturated carbocycles. The van der Waals surface area contributed by atoms with Crippen molar-refractivity contribution in [2.75, 3.05) is 0 Å². The Morgan fingerprint density at radius 3 is 2.58 bits per heavy atom. The second-order valence-electron chi connectivity index (χ2n) is 11.8. The summed E-state index contributed by atoms with van der Waals surface area (Å²) < 4.78 is 12.7. The molecule has 176 valence electrons. The van der Waals surface area contributed by atoms with Crippen LogP contribution >= 0.6 is 0 Å². The molecule has 2 saturated heterocycles. The van der Waals surface area contributed by atoms with Gasteiger partial charge in [-0.1, -0.05) is 19.4 Å². The van der Waals surface area contributed by atoms with Crippen LogP contribution in [0.1, 0.15) is 72.1 Å². The zero-order chi connectivity index (χ0) is 23.4. The van der Waals surface area contributed by atoms with Crippen molar-refractivity contribution in [2.45, 2.75) is 89.4 Å². The van der Waals surface area contributed by atoms with Gasteiger partial charge in [0.05, 0.1) is 6.10 Å². The minimum atomic E-state index is -0.463. The lowest BCUT2D eigenvalue weighted by Crippen LogP contribution is -2.63. The third kappa shape index (κ3) is 2.53. The Hall–Kier alpha value is -2.08. The largest absolute Gasteiger partial charge is 0.458 e. The maximum atomic E-state index is 13.5. The Kier molecular flexibility index (Phi) is 4.24. The standard InChI is InChI=1S/C27H32O6/c1-15(28)4-5-20(30)18-13-16-12-17(29)6-9-24(16,2)27-21(32-27)14-25(3)19(23(18)27)7-10-26(25)11-8-22(31)33-26/h4-5,12,18-19,21,23H,6-11,13-14H2,1-3H3/b5-4-/t18-,19-,21+,23-,24-,25-,26+,27+/m0/s1. The number of hydrogen-bond acceptors (Lipinski definition) is 6. The zero-order valence-electron chi connectivity index (χ0n) is 19.6. The number of esters is 1. The number of rotatable bonds is 3. The van der Waals surface area contributed by atoms with Crippen LogP contribution in [-0.2, 0) is 28.7 Å². The summed E-state index contributed by atoms with van der Waals surface area (Å²) >= 11 is 0. The lowest BCUT2D eigenvalue weighted by Gasteiger charge is -2.58. The molecule has 0 unspecified atom stereocenters. The monoisotopic (exact) mass is 452 g/mol. The molecule has 0 bridgehead atoms. The Morgan fingerprint density at radius 2 is 1.88 bits per heavy atom. The summed E-state index contributed by atoms with van der Waals surface area (Å²) in [4.78, 5) is 49.7. The van der Waals surface area contributed by atoms with E-state index < -0.39 is 11.2 Å². The quantitative estimate of drug-likeness (QED) is 0.369. The van der Waals surface area contributed by atoms with Crippen molar-refractivity contribution in [1.29, 1.82) is 0 Å². The summed E-state index contributed by atoms with van der Waals surface area (Å²) in [5, 5.41) is 0. The molecular weight excluding hydrogens is 420 g/mol. The van der Waals surface area contributed by atoms with Crippen LogP contribution in [0.3, 0.4) is 0 Å². The zero-order valence-corrected chi connectivity index (χ0v) is 19.6. The van der Waals surface area contributed by atoms with Crippen molar-refractivity contribution in [3.63, 3.8) is 0 Å². The number of ketones is 3. The molecule has 0 aromatic heterocycles. The van der Waals surface area contributed by atoms with Crippen LogP contribution < -0.4 is 0 Å². The number of fused-ring (bicyclic) bond motifs is 4. The van der Waals surface area contributed by atoms with Crippen molar-refractivity contribution in [3.8, 4) is 0 Å². The van der Waals surface area contributed by atoms with Gasteiger partial charge in [-0.05, 0) is 69.6 Å². The van der Waals surface area contributed by atoms with E-state index in [-0.39, 0.29) is 58.0 Å². The molecule has 8 atom stereocenters. The van der Waals surface area contributed by atoms with Gasteiger partial charge in [-0.25, -0.2) is 0 Å². The number of carbonyl (C=O) groups is 4. The molecule has 6 heteroatoms. The normalized spacial score (nSPS) is 49.7. The summed E-state index contributed by atoms with van der Waals surface area (Å²) in [6.45, 7) is 5.92. The SMILES string of the molecule is CC(=O)/C=C\C(=O)[C@@H]1CC2=CC(=O)CC[C@]2(C)[C@@]23O[C@@H]2C[C@@]2(C)[C@@H](CC[C@@]24CCC(=O)O4)[C@H]13. The van der Waals surface area contributed by atoms with E-state index in [0.717, 1.165) is 37.7 Å². The van der Waals surface area contributed by atoms with Crippen molar-refractivity contribution < 1.29 is 28.7 Å². The van der Waals surface area contributed by atoms with Gasteiger partial charge < -0.3 is 9.47 Å². The maximum absolute atomic E-state index is 13.5. The van der Waals surface area contributed by atoms with E-state index in [9.17, 15) is 19.2 Å². The van der Waals surface area contributed by atoms with Crippen LogP contribution in [0, 0.1) is 28.6 Å². The fourth-order valence-electron chi connectivity index (χ4n) is 8.91. The lowest BCUT2D eigenvalue weighted by molar-refractivity contribution is -0.167. The molecule has 5 fully saturated rings. The third-order valence-corrected chi connectivity index (χ3v) is 10.6. The summed E-state index contributed by atoms with van der Waals surface area (Å²) in [5.41, 5.74) is -0.383. The van der Waals surface area contributed by atoms with Gasteiger partial charge in [0.1, 0.15) is 11.2 Å². The molecule has 6 aliphatic rings. The minimum Gasteiger partial charge on any atom is -0.458 e. The van der Waals surface area contributed by atoms with Crippen LogP contribution in [0.2, 0.25) is 0 Å². The van der Waals surface area contributed by atoms with Gasteiger partial charge in [0.2, 0.25) is 0 Å². The number of hydrogen-bond donors (Lipinski definition) is 0. The fraction of sp³-hybridized carbons (Fsp3) is 0.704. The van der Waals surface area contributed by atoms with Crippen molar-refractivity contribution >= 4 is 23.3 Å². The van der Waals surface area contributed by atoms with E-state index in [2.05, 4.69) is 13.8 Å². The van der Waals surface area contributed by atoms with E-state index in [0.29, 0.717) is 19.3 Å². The molecule has 0 N–H and O–H groups in total. The second kappa shape index (κ2) is 6.53. The first kappa shape index (κ1) is 21.5. The van der Waals surface area contributed by atoms with Crippen LogP contribution in [0.4, 0.5) is 0 Å². The summed E-state index contributed by atoms with van der Waals surface area (Å²) in [5.74, 6) is -0.367. The molecule has 0 amide bonds. The van der Waals surface area contributed by atoms with E-state index in [1.807, 2.05) is 0 Å². The van der Waals surface area contributed by atoms with Gasteiger partial charge in [0, 0.05) is 35.5 Å². The molecule has 0 aromatic carbocycles. The van der Waals surface area contributed by atoms with Gasteiger partial charge >= 0.3 is 5.97 Å². The number of carbonyl (C=O) groups excluding carboxylic acids is 4. The summed E-state index contributed by atoms with van der Waals surface area (Å²) in [6.07, 6.45) is 10.1. The van der Waals surface area contributed by atoms with Crippen LogP contribution in [0.15, 0.2) is 23.8 Å². The first-order chi connectivity index (χ1) is 15.6. The predicted octanol–water partition coefficient (Wildman–Crippen LogP) is 3.67. The molecule has 6 rings (SSSR count). The highest BCUT2D eigenvalue weighted by Crippen LogP contribution is 2.78. The van der Waals surface area contributed by atoms with Gasteiger partial charge in [-0.2, -0.15) is 0 Å². The Balaban J connectivity index is 1.47. The van der Waals surface area contributed by atoms with Crippen molar-refractivity contribution in [1.82, 2.24) is 0 Å². The topological polar surface area (TPSA) is 90.0 Å². The van der Waals surface area contributed by atoms with Gasteiger partial charge in [-0.15, -0.1) is 0 Å². The van der Waals surface area contributed by atoms with Crippen LogP contribution in [-0.4, -0.2) is 40.6 Å². The molecule has 2 aliphatic heterocycles. The summed E-state index contributed by atoms with van der Waals surface area (Å²) in [7, 11) is 0. The molecule has 6 nitrogen and oxygen atoms in total. The van der Waals surface area contributed by atoms with Gasteiger partial charge in [0.25, 0.3) is 0 Å². The molecule has 2 heterocycles. The fourth-order valence-corrected chi connectivity index (χ4v) is 8.91. The maximum Gasteiger partial charge on any atom is 0.306 e. The Bertz CT molecular complexity index is 1050. The van der Waals surface area contributed by atoms with E-state index in [1.54, 1.807) is 6.08 Å². The Morgan fingerprint density at radius 1 is 1.09 bits per heavy atom. The first-order valence-electron chi connectivity index (χ1n) is 12.4. The molecule has 0 aromatic rings. The minimum absolute atomic E-state index is 0.00739. The summed E-state index contributed by atoms with van der Waals surface area (Å²) in [6, 6.07) is 0. The first-order valence-corrected chi connectivity index (χ1v) is 12.4. The highest BCUT2D eigenvalue weighted by Gasteiger charge is 2.83. The number of allylic oxidation sites excluding steroid dienone is 2. The smallest absolute Gasteiger partial charge is 0.306 e. The third-order valence-electron chi connectivity index (χ3n) is 10.6. The van der Waals surface area contributed by atoms with Gasteiger partial charge in [-0.3, -0.25) is 19.2 Å².